The van der Waals surface area contributed by atoms with Crippen molar-refractivity contribution in [2.24, 2.45) is 0 Å². The van der Waals surface area contributed by atoms with Gasteiger partial charge in [-0.1, -0.05) is 19.1 Å². The molecule has 5 nitrogen and oxygen atoms in total. The van der Waals surface area contributed by atoms with Gasteiger partial charge < -0.3 is 4.90 Å². The summed E-state index contributed by atoms with van der Waals surface area (Å²) in [6.45, 7) is 6.04. The summed E-state index contributed by atoms with van der Waals surface area (Å²) in [5.41, 5.74) is 1.55. The van der Waals surface area contributed by atoms with E-state index in [1.807, 2.05) is 24.0 Å². The summed E-state index contributed by atoms with van der Waals surface area (Å²) < 4.78 is 15.7. The van der Waals surface area contributed by atoms with Crippen LogP contribution in [0.2, 0.25) is 0 Å². The molecule has 0 aliphatic carbocycles. The minimum absolute atomic E-state index is 0.273. The SMILES string of the molecule is CCc1ncnc(N2CCN(Cc3nc4ccccc4s3)CC2)c1F. The molecule has 3 aromatic rings. The van der Waals surface area contributed by atoms with Crippen molar-refractivity contribution in [3.63, 3.8) is 0 Å². The quantitative estimate of drug-likeness (QED) is 0.718. The van der Waals surface area contributed by atoms with Gasteiger partial charge in [-0.05, 0) is 18.6 Å². The molecule has 0 amide bonds. The van der Waals surface area contributed by atoms with Crippen molar-refractivity contribution in [2.45, 2.75) is 19.9 Å². The number of benzene rings is 1. The second kappa shape index (κ2) is 7.01. The van der Waals surface area contributed by atoms with Crippen molar-refractivity contribution >= 4 is 27.4 Å². The van der Waals surface area contributed by atoms with Crippen LogP contribution < -0.4 is 4.90 Å². The van der Waals surface area contributed by atoms with E-state index >= 15 is 0 Å². The molecule has 0 atom stereocenters. The first-order valence-electron chi connectivity index (χ1n) is 8.55. The van der Waals surface area contributed by atoms with Crippen LogP contribution in [0.5, 0.6) is 0 Å². The largest absolute Gasteiger partial charge is 0.352 e. The summed E-state index contributed by atoms with van der Waals surface area (Å²) in [4.78, 5) is 17.3. The van der Waals surface area contributed by atoms with Crippen LogP contribution >= 0.6 is 11.3 Å². The van der Waals surface area contributed by atoms with Crippen LogP contribution in [0.25, 0.3) is 10.2 Å². The Morgan fingerprint density at radius 1 is 1.12 bits per heavy atom. The van der Waals surface area contributed by atoms with E-state index in [0.29, 0.717) is 17.9 Å². The van der Waals surface area contributed by atoms with Gasteiger partial charge >= 0.3 is 0 Å². The summed E-state index contributed by atoms with van der Waals surface area (Å²) in [5.74, 6) is 0.163. The standard InChI is InChI=1S/C18H20FN5S/c1-2-13-17(19)18(21-12-20-13)24-9-7-23(8-10-24)11-16-22-14-5-3-4-6-15(14)25-16/h3-6,12H,2,7-11H2,1H3. The maximum Gasteiger partial charge on any atom is 0.187 e. The number of anilines is 1. The Kier molecular flexibility index (Phi) is 4.59. The Labute approximate surface area is 150 Å². The van der Waals surface area contributed by atoms with Gasteiger partial charge in [-0.2, -0.15) is 0 Å². The zero-order valence-electron chi connectivity index (χ0n) is 14.2. The molecule has 7 heteroatoms. The topological polar surface area (TPSA) is 45.2 Å². The number of aryl methyl sites for hydroxylation is 1. The van der Waals surface area contributed by atoms with Crippen LogP contribution in [0.4, 0.5) is 10.2 Å². The first-order valence-corrected chi connectivity index (χ1v) is 9.37. The van der Waals surface area contributed by atoms with Crippen LogP contribution in [0.3, 0.4) is 0 Å². The number of aromatic nitrogens is 3. The number of hydrogen-bond donors (Lipinski definition) is 0. The van der Waals surface area contributed by atoms with Gasteiger partial charge in [-0.3, -0.25) is 4.90 Å². The number of fused-ring (bicyclic) bond motifs is 1. The summed E-state index contributed by atoms with van der Waals surface area (Å²) in [6, 6.07) is 8.23. The lowest BCUT2D eigenvalue weighted by molar-refractivity contribution is 0.248. The molecule has 130 valence electrons. The highest BCUT2D eigenvalue weighted by molar-refractivity contribution is 7.18. The third-order valence-corrected chi connectivity index (χ3v) is 5.57. The van der Waals surface area contributed by atoms with E-state index in [4.69, 9.17) is 4.98 Å². The first kappa shape index (κ1) is 16.4. The Balaban J connectivity index is 1.41. The van der Waals surface area contributed by atoms with Crippen LogP contribution in [0, 0.1) is 5.82 Å². The number of rotatable bonds is 4. The van der Waals surface area contributed by atoms with E-state index in [1.54, 1.807) is 11.3 Å². The van der Waals surface area contributed by atoms with Gasteiger partial charge in [0.05, 0.1) is 22.5 Å². The van der Waals surface area contributed by atoms with E-state index in [9.17, 15) is 4.39 Å². The lowest BCUT2D eigenvalue weighted by Crippen LogP contribution is -2.46. The van der Waals surface area contributed by atoms with E-state index in [-0.39, 0.29) is 5.82 Å². The van der Waals surface area contributed by atoms with E-state index < -0.39 is 0 Å². The number of thiazole rings is 1. The fraction of sp³-hybridized carbons (Fsp3) is 0.389. The number of para-hydroxylation sites is 1. The van der Waals surface area contributed by atoms with Gasteiger partial charge in [0.2, 0.25) is 0 Å². The Bertz CT molecular complexity index is 840. The summed E-state index contributed by atoms with van der Waals surface area (Å²) >= 11 is 1.75. The highest BCUT2D eigenvalue weighted by Gasteiger charge is 2.22. The number of nitrogens with zero attached hydrogens (tertiary/aromatic N) is 5. The highest BCUT2D eigenvalue weighted by Crippen LogP contribution is 2.24. The van der Waals surface area contributed by atoms with Crippen molar-refractivity contribution < 1.29 is 4.39 Å². The molecule has 25 heavy (non-hydrogen) atoms. The third kappa shape index (κ3) is 3.34. The molecule has 1 aliphatic heterocycles. The number of halogens is 1. The number of piperazine rings is 1. The Hall–Kier alpha value is -2.12. The van der Waals surface area contributed by atoms with Gasteiger partial charge in [0, 0.05) is 26.2 Å². The summed E-state index contributed by atoms with van der Waals surface area (Å²) in [7, 11) is 0. The Morgan fingerprint density at radius 3 is 2.68 bits per heavy atom. The van der Waals surface area contributed by atoms with Gasteiger partial charge in [0.1, 0.15) is 11.3 Å². The number of hydrogen-bond acceptors (Lipinski definition) is 6. The molecule has 0 bridgehead atoms. The average molecular weight is 357 g/mol. The van der Waals surface area contributed by atoms with E-state index in [1.165, 1.54) is 11.0 Å². The molecule has 1 saturated heterocycles. The predicted molar refractivity (Wildman–Crippen MR) is 98.5 cm³/mol. The molecule has 2 aromatic heterocycles. The molecular weight excluding hydrogens is 337 g/mol. The lowest BCUT2D eigenvalue weighted by atomic mass is 10.2. The first-order chi connectivity index (χ1) is 12.2. The molecule has 1 aliphatic rings. The fourth-order valence-corrected chi connectivity index (χ4v) is 4.17. The van der Waals surface area contributed by atoms with Gasteiger partial charge in [-0.15, -0.1) is 11.3 Å². The van der Waals surface area contributed by atoms with E-state index in [2.05, 4.69) is 27.0 Å². The highest BCUT2D eigenvalue weighted by atomic mass is 32.1. The Morgan fingerprint density at radius 2 is 1.92 bits per heavy atom. The van der Waals surface area contributed by atoms with Crippen LogP contribution in [-0.4, -0.2) is 46.0 Å². The molecule has 1 fully saturated rings. The van der Waals surface area contributed by atoms with E-state index in [0.717, 1.165) is 43.2 Å². The molecule has 0 saturated carbocycles. The molecule has 0 unspecified atom stereocenters. The van der Waals surface area contributed by atoms with Crippen molar-refractivity contribution in [2.75, 3.05) is 31.1 Å². The third-order valence-electron chi connectivity index (χ3n) is 4.55. The van der Waals surface area contributed by atoms with Crippen molar-refractivity contribution in [1.29, 1.82) is 0 Å². The maximum absolute atomic E-state index is 14.4. The minimum Gasteiger partial charge on any atom is -0.352 e. The average Bonchev–Trinajstić information content (AvgIpc) is 3.05. The molecule has 4 rings (SSSR count). The van der Waals surface area contributed by atoms with Crippen LogP contribution in [0.15, 0.2) is 30.6 Å². The molecule has 1 aromatic carbocycles. The maximum atomic E-state index is 14.4. The molecule has 0 N–H and O–H groups in total. The van der Waals surface area contributed by atoms with Crippen LogP contribution in [-0.2, 0) is 13.0 Å². The second-order valence-electron chi connectivity index (χ2n) is 6.15. The summed E-state index contributed by atoms with van der Waals surface area (Å²) in [6.07, 6.45) is 2.05. The van der Waals surface area contributed by atoms with Gasteiger partial charge in [0.15, 0.2) is 11.6 Å². The molecule has 0 spiro atoms. The fourth-order valence-electron chi connectivity index (χ4n) is 3.16. The normalized spacial score (nSPS) is 15.8. The zero-order chi connectivity index (χ0) is 17.2. The van der Waals surface area contributed by atoms with Crippen LogP contribution in [0.1, 0.15) is 17.6 Å². The van der Waals surface area contributed by atoms with Gasteiger partial charge in [-0.25, -0.2) is 19.3 Å². The molecular formula is C18H20FN5S. The van der Waals surface area contributed by atoms with Gasteiger partial charge in [0.25, 0.3) is 0 Å². The summed E-state index contributed by atoms with van der Waals surface area (Å²) in [5, 5.41) is 1.14. The van der Waals surface area contributed by atoms with Crippen molar-refractivity contribution in [3.05, 3.63) is 47.1 Å². The minimum atomic E-state index is -0.273. The lowest BCUT2D eigenvalue weighted by Gasteiger charge is -2.35. The predicted octanol–water partition coefficient (Wildman–Crippen LogP) is 3.11. The zero-order valence-corrected chi connectivity index (χ0v) is 15.0. The molecule has 0 radical (unpaired) electrons. The van der Waals surface area contributed by atoms with Crippen molar-refractivity contribution in [1.82, 2.24) is 19.9 Å². The smallest absolute Gasteiger partial charge is 0.187 e. The monoisotopic (exact) mass is 357 g/mol. The van der Waals surface area contributed by atoms with Crippen molar-refractivity contribution in [3.8, 4) is 0 Å². The molecule has 3 heterocycles. The second-order valence-corrected chi connectivity index (χ2v) is 7.27.